The van der Waals surface area contributed by atoms with Gasteiger partial charge in [-0.1, -0.05) is 23.7 Å². The molecule has 0 aromatic heterocycles. The lowest BCUT2D eigenvalue weighted by atomic mass is 10.0. The van der Waals surface area contributed by atoms with Gasteiger partial charge in [-0.3, -0.25) is 0 Å². The standard InChI is InChI=1S/C14H9Br2Cl2FO/c1-20-14-9(5-7(17)6-10(14)15)13(18)8-3-2-4-11(19)12(8)16/h2-6,13H,1H3. The zero-order valence-corrected chi connectivity index (χ0v) is 14.9. The van der Waals surface area contributed by atoms with Crippen LogP contribution in [0.3, 0.4) is 0 Å². The van der Waals surface area contributed by atoms with Gasteiger partial charge in [-0.2, -0.15) is 0 Å². The molecular weight excluding hydrogens is 434 g/mol. The van der Waals surface area contributed by atoms with Crippen molar-refractivity contribution in [1.82, 2.24) is 0 Å². The number of rotatable bonds is 3. The largest absolute Gasteiger partial charge is 0.495 e. The maximum atomic E-state index is 13.6. The Morgan fingerprint density at radius 3 is 2.55 bits per heavy atom. The fraction of sp³-hybridized carbons (Fsp3) is 0.143. The van der Waals surface area contributed by atoms with E-state index in [-0.39, 0.29) is 5.82 Å². The number of methoxy groups -OCH3 is 1. The summed E-state index contributed by atoms with van der Waals surface area (Å²) in [6, 6.07) is 8.15. The molecule has 6 heteroatoms. The Morgan fingerprint density at radius 1 is 1.20 bits per heavy atom. The average Bonchev–Trinajstić information content (AvgIpc) is 2.40. The van der Waals surface area contributed by atoms with Crippen molar-refractivity contribution >= 4 is 55.1 Å². The molecule has 0 radical (unpaired) electrons. The van der Waals surface area contributed by atoms with E-state index in [1.54, 1.807) is 31.4 Å². The summed E-state index contributed by atoms with van der Waals surface area (Å²) < 4.78 is 20.0. The molecule has 20 heavy (non-hydrogen) atoms. The molecule has 0 fully saturated rings. The summed E-state index contributed by atoms with van der Waals surface area (Å²) in [5.74, 6) is 0.207. The lowest BCUT2D eigenvalue weighted by Gasteiger charge is -2.17. The maximum absolute atomic E-state index is 13.6. The van der Waals surface area contributed by atoms with Gasteiger partial charge < -0.3 is 4.74 Å². The fourth-order valence-electron chi connectivity index (χ4n) is 1.87. The molecule has 2 aromatic carbocycles. The van der Waals surface area contributed by atoms with E-state index in [1.165, 1.54) is 6.07 Å². The average molecular weight is 443 g/mol. The van der Waals surface area contributed by atoms with Crippen LogP contribution in [0, 0.1) is 5.82 Å². The molecule has 2 aromatic rings. The summed E-state index contributed by atoms with van der Waals surface area (Å²) in [7, 11) is 1.54. The van der Waals surface area contributed by atoms with Crippen molar-refractivity contribution in [3.05, 3.63) is 61.2 Å². The third-order valence-electron chi connectivity index (χ3n) is 2.77. The topological polar surface area (TPSA) is 9.23 Å². The van der Waals surface area contributed by atoms with Crippen LogP contribution >= 0.6 is 55.1 Å². The van der Waals surface area contributed by atoms with E-state index in [2.05, 4.69) is 31.9 Å². The van der Waals surface area contributed by atoms with Crippen LogP contribution in [0.1, 0.15) is 16.5 Å². The van der Waals surface area contributed by atoms with Gasteiger partial charge in [-0.05, 0) is 55.6 Å². The Kier molecular flexibility index (Phi) is 5.35. The molecule has 0 aliphatic carbocycles. The van der Waals surface area contributed by atoms with Crippen molar-refractivity contribution in [1.29, 1.82) is 0 Å². The minimum atomic E-state index is -0.593. The Hall–Kier alpha value is -0.290. The van der Waals surface area contributed by atoms with E-state index in [0.717, 1.165) is 0 Å². The molecule has 0 heterocycles. The second-order valence-electron chi connectivity index (χ2n) is 4.02. The molecule has 0 aliphatic heterocycles. The molecule has 1 atom stereocenters. The summed E-state index contributed by atoms with van der Waals surface area (Å²) in [5, 5.41) is -0.0733. The molecular formula is C14H9Br2Cl2FO. The van der Waals surface area contributed by atoms with Crippen LogP contribution in [0.15, 0.2) is 39.3 Å². The van der Waals surface area contributed by atoms with E-state index in [0.29, 0.717) is 30.8 Å². The number of hydrogen-bond donors (Lipinski definition) is 0. The summed E-state index contributed by atoms with van der Waals surface area (Å²) in [4.78, 5) is 0. The first-order chi connectivity index (χ1) is 9.45. The highest BCUT2D eigenvalue weighted by molar-refractivity contribution is 9.10. The van der Waals surface area contributed by atoms with Gasteiger partial charge in [0.1, 0.15) is 11.6 Å². The Morgan fingerprint density at radius 2 is 1.90 bits per heavy atom. The minimum Gasteiger partial charge on any atom is -0.495 e. The lowest BCUT2D eigenvalue weighted by Crippen LogP contribution is -2.00. The zero-order valence-electron chi connectivity index (χ0n) is 10.3. The summed E-state index contributed by atoms with van der Waals surface area (Å²) in [6.07, 6.45) is 0. The Balaban J connectivity index is 2.58. The minimum absolute atomic E-state index is 0.332. The number of benzene rings is 2. The van der Waals surface area contributed by atoms with E-state index in [4.69, 9.17) is 27.9 Å². The second kappa shape index (κ2) is 6.65. The first kappa shape index (κ1) is 16.1. The van der Waals surface area contributed by atoms with Gasteiger partial charge in [0.05, 0.1) is 21.4 Å². The highest BCUT2D eigenvalue weighted by Gasteiger charge is 2.21. The fourth-order valence-corrected chi connectivity index (χ4v) is 3.83. The van der Waals surface area contributed by atoms with Gasteiger partial charge in [0.25, 0.3) is 0 Å². The van der Waals surface area contributed by atoms with Crippen molar-refractivity contribution in [2.45, 2.75) is 5.38 Å². The van der Waals surface area contributed by atoms with Gasteiger partial charge >= 0.3 is 0 Å². The zero-order chi connectivity index (χ0) is 14.9. The molecule has 0 spiro atoms. The third-order valence-corrected chi connectivity index (χ3v) is 4.88. The smallest absolute Gasteiger partial charge is 0.138 e. The molecule has 0 bridgehead atoms. The Labute approximate surface area is 143 Å². The Bertz CT molecular complexity index is 649. The van der Waals surface area contributed by atoms with Crippen molar-refractivity contribution in [3.63, 3.8) is 0 Å². The number of hydrogen-bond acceptors (Lipinski definition) is 1. The van der Waals surface area contributed by atoms with Gasteiger partial charge in [0.15, 0.2) is 0 Å². The maximum Gasteiger partial charge on any atom is 0.138 e. The van der Waals surface area contributed by atoms with E-state index in [1.807, 2.05) is 0 Å². The molecule has 1 unspecified atom stereocenters. The van der Waals surface area contributed by atoms with Crippen LogP contribution in [-0.2, 0) is 0 Å². The monoisotopic (exact) mass is 440 g/mol. The lowest BCUT2D eigenvalue weighted by molar-refractivity contribution is 0.407. The molecule has 0 amide bonds. The highest BCUT2D eigenvalue weighted by atomic mass is 79.9. The molecule has 0 saturated carbocycles. The first-order valence-electron chi connectivity index (χ1n) is 5.56. The SMILES string of the molecule is COc1c(Br)cc(Cl)cc1C(Cl)c1cccc(F)c1Br. The summed E-state index contributed by atoms with van der Waals surface area (Å²) in [5.41, 5.74) is 1.28. The molecule has 1 nitrogen and oxygen atoms in total. The predicted molar refractivity (Wildman–Crippen MR) is 87.5 cm³/mol. The van der Waals surface area contributed by atoms with Crippen LogP contribution in [0.4, 0.5) is 4.39 Å². The third kappa shape index (κ3) is 3.14. The molecule has 0 aliphatic rings. The van der Waals surface area contributed by atoms with Crippen molar-refractivity contribution < 1.29 is 9.13 Å². The molecule has 106 valence electrons. The first-order valence-corrected chi connectivity index (χ1v) is 7.96. The van der Waals surface area contributed by atoms with E-state index >= 15 is 0 Å². The number of halogens is 5. The van der Waals surface area contributed by atoms with E-state index in [9.17, 15) is 4.39 Å². The predicted octanol–water partition coefficient (Wildman–Crippen LogP) is 6.34. The number of alkyl halides is 1. The molecule has 0 N–H and O–H groups in total. The van der Waals surface area contributed by atoms with Crippen LogP contribution in [-0.4, -0.2) is 7.11 Å². The van der Waals surface area contributed by atoms with Crippen LogP contribution in [0.5, 0.6) is 5.75 Å². The highest BCUT2D eigenvalue weighted by Crippen LogP contribution is 2.43. The second-order valence-corrected chi connectivity index (χ2v) is 6.54. The van der Waals surface area contributed by atoms with Gasteiger partial charge in [-0.25, -0.2) is 4.39 Å². The molecule has 0 saturated heterocycles. The summed E-state index contributed by atoms with van der Waals surface area (Å²) in [6.45, 7) is 0. The van der Waals surface area contributed by atoms with Crippen molar-refractivity contribution in [3.8, 4) is 5.75 Å². The van der Waals surface area contributed by atoms with Crippen LogP contribution < -0.4 is 4.74 Å². The molecule has 2 rings (SSSR count). The number of ether oxygens (including phenoxy) is 1. The quantitative estimate of drug-likeness (QED) is 0.504. The summed E-state index contributed by atoms with van der Waals surface area (Å²) >= 11 is 19.1. The van der Waals surface area contributed by atoms with Crippen molar-refractivity contribution in [2.75, 3.05) is 7.11 Å². The van der Waals surface area contributed by atoms with Gasteiger partial charge in [0, 0.05) is 10.6 Å². The van der Waals surface area contributed by atoms with Crippen molar-refractivity contribution in [2.24, 2.45) is 0 Å². The van der Waals surface area contributed by atoms with Crippen LogP contribution in [0.25, 0.3) is 0 Å². The van der Waals surface area contributed by atoms with Gasteiger partial charge in [0.2, 0.25) is 0 Å². The normalized spacial score (nSPS) is 12.3. The van der Waals surface area contributed by atoms with Gasteiger partial charge in [-0.15, -0.1) is 11.6 Å². The van der Waals surface area contributed by atoms with Crippen LogP contribution in [0.2, 0.25) is 5.02 Å². The van der Waals surface area contributed by atoms with E-state index < -0.39 is 5.38 Å².